The number of nitrogens with zero attached hydrogens (tertiary/aromatic N) is 1. The number of nitrogens with one attached hydrogen (secondary N) is 1. The van der Waals surface area contributed by atoms with Crippen LogP contribution in [0.3, 0.4) is 0 Å². The van der Waals surface area contributed by atoms with E-state index in [0.29, 0.717) is 5.69 Å². The molecule has 0 bridgehead atoms. The number of rotatable bonds is 3. The van der Waals surface area contributed by atoms with Crippen molar-refractivity contribution in [3.8, 4) is 0 Å². The molecule has 5 nitrogen and oxygen atoms in total. The van der Waals surface area contributed by atoms with Gasteiger partial charge >= 0.3 is 4.87 Å². The van der Waals surface area contributed by atoms with Crippen LogP contribution in [-0.2, 0) is 4.74 Å². The molecule has 1 aromatic rings. The molecule has 0 atom stereocenters. The number of ether oxygens (including phenoxy) is 1. The van der Waals surface area contributed by atoms with Gasteiger partial charge in [-0.2, -0.15) is 0 Å². The quantitative estimate of drug-likeness (QED) is 0.848. The molecular weight excluding hydrogens is 228 g/mol. The predicted molar refractivity (Wildman–Crippen MR) is 60.9 cm³/mol. The van der Waals surface area contributed by atoms with Crippen LogP contribution in [0, 0.1) is 0 Å². The van der Waals surface area contributed by atoms with E-state index in [0.717, 1.165) is 24.2 Å². The number of aromatic amines is 1. The normalized spacial score (nSPS) is 23.9. The van der Waals surface area contributed by atoms with Gasteiger partial charge < -0.3 is 14.6 Å². The largest absolute Gasteiger partial charge is 0.381 e. The smallest absolute Gasteiger partial charge is 0.305 e. The Labute approximate surface area is 97.0 Å². The number of H-pyrrole nitrogens is 1. The van der Waals surface area contributed by atoms with Gasteiger partial charge in [-0.1, -0.05) is 11.3 Å². The number of hydrogen-bond acceptors (Lipinski definition) is 4. The fourth-order valence-electron chi connectivity index (χ4n) is 1.79. The van der Waals surface area contributed by atoms with E-state index in [2.05, 4.69) is 4.98 Å². The van der Waals surface area contributed by atoms with Crippen molar-refractivity contribution in [2.75, 3.05) is 14.2 Å². The average Bonchev–Trinajstić information content (AvgIpc) is 2.62. The van der Waals surface area contributed by atoms with Crippen LogP contribution in [0.4, 0.5) is 0 Å². The molecule has 1 aliphatic rings. The number of aromatic nitrogens is 1. The molecule has 0 spiro atoms. The van der Waals surface area contributed by atoms with Crippen molar-refractivity contribution in [2.45, 2.75) is 25.0 Å². The molecule has 0 unspecified atom stereocenters. The second-order valence-corrected chi connectivity index (χ2v) is 4.80. The molecule has 1 aromatic heterocycles. The van der Waals surface area contributed by atoms with Crippen LogP contribution < -0.4 is 4.87 Å². The molecule has 0 saturated heterocycles. The molecule has 1 N–H and O–H groups in total. The molecule has 0 radical (unpaired) electrons. The number of thiazole rings is 1. The highest BCUT2D eigenvalue weighted by Gasteiger charge is 2.34. The Morgan fingerprint density at radius 2 is 2.31 bits per heavy atom. The molecule has 1 aliphatic carbocycles. The molecule has 0 aromatic carbocycles. The summed E-state index contributed by atoms with van der Waals surface area (Å²) < 4.78 is 5.16. The third-order valence-corrected chi connectivity index (χ3v) is 3.69. The number of hydrogen-bond donors (Lipinski definition) is 1. The summed E-state index contributed by atoms with van der Waals surface area (Å²) in [7, 11) is 3.44. The van der Waals surface area contributed by atoms with Gasteiger partial charge in [-0.25, -0.2) is 0 Å². The zero-order valence-electron chi connectivity index (χ0n) is 9.23. The van der Waals surface area contributed by atoms with Gasteiger partial charge in [0.1, 0.15) is 5.69 Å². The minimum Gasteiger partial charge on any atom is -0.381 e. The first-order valence-corrected chi connectivity index (χ1v) is 5.97. The SMILES string of the molecule is COC1CC(N(C)C(=O)c2csc(=O)[nH]2)C1. The summed E-state index contributed by atoms with van der Waals surface area (Å²) >= 11 is 1.01. The second-order valence-electron chi connectivity index (χ2n) is 3.96. The van der Waals surface area contributed by atoms with E-state index < -0.39 is 0 Å². The average molecular weight is 242 g/mol. The lowest BCUT2D eigenvalue weighted by Crippen LogP contribution is -2.48. The Bertz CT molecular complexity index is 433. The Balaban J connectivity index is 1.98. The number of carbonyl (C=O) groups excluding carboxylic acids is 1. The van der Waals surface area contributed by atoms with E-state index in [4.69, 9.17) is 4.74 Å². The van der Waals surface area contributed by atoms with Crippen LogP contribution in [-0.4, -0.2) is 42.1 Å². The summed E-state index contributed by atoms with van der Waals surface area (Å²) in [5.41, 5.74) is 0.373. The number of methoxy groups -OCH3 is 1. The molecular formula is C10H14N2O3S. The summed E-state index contributed by atoms with van der Waals surface area (Å²) in [6.07, 6.45) is 2.00. The summed E-state index contributed by atoms with van der Waals surface area (Å²) in [6.45, 7) is 0. The molecule has 1 saturated carbocycles. The third-order valence-electron chi connectivity index (χ3n) is 3.02. The van der Waals surface area contributed by atoms with Gasteiger partial charge in [0.05, 0.1) is 6.10 Å². The van der Waals surface area contributed by atoms with Gasteiger partial charge in [-0.3, -0.25) is 9.59 Å². The Morgan fingerprint density at radius 1 is 1.62 bits per heavy atom. The van der Waals surface area contributed by atoms with Crippen LogP contribution in [0.25, 0.3) is 0 Å². The highest BCUT2D eigenvalue weighted by atomic mass is 32.1. The van der Waals surface area contributed by atoms with E-state index in [9.17, 15) is 9.59 Å². The molecule has 6 heteroatoms. The maximum Gasteiger partial charge on any atom is 0.305 e. The lowest BCUT2D eigenvalue weighted by molar-refractivity contribution is -0.0146. The summed E-state index contributed by atoms with van der Waals surface area (Å²) in [5.74, 6) is -0.127. The molecule has 88 valence electrons. The Morgan fingerprint density at radius 3 is 2.81 bits per heavy atom. The molecule has 1 fully saturated rings. The van der Waals surface area contributed by atoms with Crippen molar-refractivity contribution < 1.29 is 9.53 Å². The predicted octanol–water partition coefficient (Wildman–Crippen LogP) is 0.686. The minimum absolute atomic E-state index is 0.127. The topological polar surface area (TPSA) is 62.4 Å². The molecule has 2 rings (SSSR count). The van der Waals surface area contributed by atoms with Crippen LogP contribution in [0.5, 0.6) is 0 Å². The van der Waals surface area contributed by atoms with Crippen molar-refractivity contribution in [2.24, 2.45) is 0 Å². The highest BCUT2D eigenvalue weighted by Crippen LogP contribution is 2.27. The van der Waals surface area contributed by atoms with Crippen molar-refractivity contribution >= 4 is 17.2 Å². The fourth-order valence-corrected chi connectivity index (χ4v) is 2.34. The van der Waals surface area contributed by atoms with Crippen LogP contribution >= 0.6 is 11.3 Å². The summed E-state index contributed by atoms with van der Waals surface area (Å²) in [5, 5.41) is 1.56. The van der Waals surface area contributed by atoms with E-state index in [-0.39, 0.29) is 22.9 Å². The van der Waals surface area contributed by atoms with E-state index in [1.807, 2.05) is 0 Å². The first-order valence-electron chi connectivity index (χ1n) is 5.09. The first kappa shape index (κ1) is 11.3. The van der Waals surface area contributed by atoms with Crippen LogP contribution in [0.2, 0.25) is 0 Å². The molecule has 1 heterocycles. The first-order chi connectivity index (χ1) is 7.61. The minimum atomic E-state index is -0.194. The van der Waals surface area contributed by atoms with E-state index >= 15 is 0 Å². The van der Waals surface area contributed by atoms with E-state index in [1.165, 1.54) is 0 Å². The molecule has 0 aliphatic heterocycles. The number of carbonyl (C=O) groups is 1. The van der Waals surface area contributed by atoms with Gasteiger partial charge in [0.25, 0.3) is 5.91 Å². The highest BCUT2D eigenvalue weighted by molar-refractivity contribution is 7.07. The van der Waals surface area contributed by atoms with Crippen molar-refractivity contribution in [3.63, 3.8) is 0 Å². The van der Waals surface area contributed by atoms with Crippen molar-refractivity contribution in [3.05, 3.63) is 20.7 Å². The standard InChI is InChI=1S/C10H14N2O3S/c1-12(6-3-7(4-6)15-2)9(13)8-5-16-10(14)11-8/h5-7H,3-4H2,1-2H3,(H,11,14). The zero-order chi connectivity index (χ0) is 11.7. The Kier molecular flexibility index (Phi) is 3.11. The maximum absolute atomic E-state index is 11.9. The number of amides is 1. The fraction of sp³-hybridized carbons (Fsp3) is 0.600. The van der Waals surface area contributed by atoms with Crippen LogP contribution in [0.1, 0.15) is 23.3 Å². The lowest BCUT2D eigenvalue weighted by Gasteiger charge is -2.40. The van der Waals surface area contributed by atoms with Gasteiger partial charge in [-0.15, -0.1) is 0 Å². The Hall–Kier alpha value is -1.14. The second kappa shape index (κ2) is 4.39. The van der Waals surface area contributed by atoms with Crippen molar-refractivity contribution in [1.82, 2.24) is 9.88 Å². The zero-order valence-corrected chi connectivity index (χ0v) is 10.0. The lowest BCUT2D eigenvalue weighted by atomic mass is 9.88. The molecule has 1 amide bonds. The third kappa shape index (κ3) is 2.03. The van der Waals surface area contributed by atoms with Gasteiger partial charge in [0, 0.05) is 25.6 Å². The monoisotopic (exact) mass is 242 g/mol. The van der Waals surface area contributed by atoms with Crippen molar-refractivity contribution in [1.29, 1.82) is 0 Å². The van der Waals surface area contributed by atoms with Gasteiger partial charge in [-0.05, 0) is 12.8 Å². The van der Waals surface area contributed by atoms with E-state index in [1.54, 1.807) is 24.4 Å². The summed E-state index contributed by atoms with van der Waals surface area (Å²) in [4.78, 5) is 26.9. The van der Waals surface area contributed by atoms with Crippen LogP contribution in [0.15, 0.2) is 10.2 Å². The maximum atomic E-state index is 11.9. The molecule has 16 heavy (non-hydrogen) atoms. The van der Waals surface area contributed by atoms with Gasteiger partial charge in [0.15, 0.2) is 0 Å². The summed E-state index contributed by atoms with van der Waals surface area (Å²) in [6, 6.07) is 0.223. The van der Waals surface area contributed by atoms with Gasteiger partial charge in [0.2, 0.25) is 0 Å².